The number of carbonyl (C=O) groups excluding carboxylic acids is 1. The first-order chi connectivity index (χ1) is 11.2. The second-order valence-corrected chi connectivity index (χ2v) is 7.83. The van der Waals surface area contributed by atoms with Crippen LogP contribution in [0, 0.1) is 5.82 Å². The third-order valence-corrected chi connectivity index (χ3v) is 4.81. The van der Waals surface area contributed by atoms with E-state index in [-0.39, 0.29) is 17.8 Å². The SMILES string of the molecule is COC1COCCC1c1ccc(F)cc1C(Br)C(=O)OC(C)(C)C. The average Bonchev–Trinajstić information content (AvgIpc) is 2.52. The molecule has 1 heterocycles. The number of rotatable bonds is 4. The molecule has 0 amide bonds. The zero-order valence-electron chi connectivity index (χ0n) is 14.5. The molecule has 1 aromatic rings. The van der Waals surface area contributed by atoms with E-state index in [1.54, 1.807) is 33.9 Å². The van der Waals surface area contributed by atoms with Crippen LogP contribution in [0.1, 0.15) is 49.1 Å². The van der Waals surface area contributed by atoms with Crippen molar-refractivity contribution in [1.82, 2.24) is 0 Å². The Balaban J connectivity index is 2.35. The van der Waals surface area contributed by atoms with Crippen LogP contribution >= 0.6 is 15.9 Å². The van der Waals surface area contributed by atoms with Gasteiger partial charge in [0.2, 0.25) is 0 Å². The topological polar surface area (TPSA) is 44.8 Å². The molecule has 3 unspecified atom stereocenters. The molecule has 1 aromatic carbocycles. The highest BCUT2D eigenvalue weighted by Gasteiger charge is 2.33. The van der Waals surface area contributed by atoms with E-state index in [4.69, 9.17) is 14.2 Å². The van der Waals surface area contributed by atoms with Gasteiger partial charge in [-0.1, -0.05) is 22.0 Å². The predicted octanol–water partition coefficient (Wildman–Crippen LogP) is 4.12. The lowest BCUT2D eigenvalue weighted by molar-refractivity contribution is -0.154. The minimum Gasteiger partial charge on any atom is -0.459 e. The van der Waals surface area contributed by atoms with Gasteiger partial charge in [0.15, 0.2) is 0 Å². The molecule has 0 saturated carbocycles. The van der Waals surface area contributed by atoms with E-state index in [0.29, 0.717) is 18.8 Å². The van der Waals surface area contributed by atoms with E-state index in [1.807, 2.05) is 0 Å². The summed E-state index contributed by atoms with van der Waals surface area (Å²) in [7, 11) is 1.63. The average molecular weight is 403 g/mol. The third-order valence-electron chi connectivity index (χ3n) is 3.94. The Morgan fingerprint density at radius 1 is 1.42 bits per heavy atom. The highest BCUT2D eigenvalue weighted by Crippen LogP contribution is 2.37. The minimum atomic E-state index is -0.734. The maximum atomic E-state index is 13.8. The number of halogens is 2. The maximum Gasteiger partial charge on any atom is 0.324 e. The Kier molecular flexibility index (Phi) is 6.39. The molecule has 0 spiro atoms. The van der Waals surface area contributed by atoms with Crippen LogP contribution in [0.5, 0.6) is 0 Å². The summed E-state index contributed by atoms with van der Waals surface area (Å²) in [5.41, 5.74) is 0.863. The Morgan fingerprint density at radius 3 is 2.75 bits per heavy atom. The number of methoxy groups -OCH3 is 1. The summed E-state index contributed by atoms with van der Waals surface area (Å²) in [6.45, 7) is 6.50. The molecule has 0 radical (unpaired) electrons. The number of alkyl halides is 1. The second-order valence-electron chi connectivity index (χ2n) is 6.91. The lowest BCUT2D eigenvalue weighted by Crippen LogP contribution is -2.33. The molecular weight excluding hydrogens is 379 g/mol. The largest absolute Gasteiger partial charge is 0.459 e. The normalized spacial score (nSPS) is 22.9. The molecule has 1 saturated heterocycles. The van der Waals surface area contributed by atoms with Crippen molar-refractivity contribution in [2.75, 3.05) is 20.3 Å². The van der Waals surface area contributed by atoms with Crippen molar-refractivity contribution in [3.8, 4) is 0 Å². The van der Waals surface area contributed by atoms with E-state index >= 15 is 0 Å². The first-order valence-electron chi connectivity index (χ1n) is 7.99. The standard InChI is InChI=1S/C18H24BrFO4/c1-18(2,3)24-17(21)16(19)14-9-11(20)5-6-12(14)13-7-8-23-10-15(13)22-4/h5-6,9,13,15-16H,7-8,10H2,1-4H3. The number of esters is 1. The summed E-state index contributed by atoms with van der Waals surface area (Å²) < 4.78 is 30.2. The zero-order valence-corrected chi connectivity index (χ0v) is 16.1. The van der Waals surface area contributed by atoms with Gasteiger partial charge in [0.1, 0.15) is 16.2 Å². The zero-order chi connectivity index (χ0) is 17.9. The number of benzene rings is 1. The Labute approximate surface area is 150 Å². The van der Waals surface area contributed by atoms with Gasteiger partial charge in [0, 0.05) is 19.6 Å². The van der Waals surface area contributed by atoms with Gasteiger partial charge in [-0.05, 0) is 50.5 Å². The van der Waals surface area contributed by atoms with Crippen molar-refractivity contribution in [2.24, 2.45) is 0 Å². The molecule has 6 heteroatoms. The summed E-state index contributed by atoms with van der Waals surface area (Å²) >= 11 is 3.38. The van der Waals surface area contributed by atoms with Crippen molar-refractivity contribution in [3.05, 3.63) is 35.1 Å². The van der Waals surface area contributed by atoms with E-state index in [1.165, 1.54) is 12.1 Å². The second kappa shape index (κ2) is 7.93. The van der Waals surface area contributed by atoms with Crippen molar-refractivity contribution in [2.45, 2.75) is 49.6 Å². The van der Waals surface area contributed by atoms with Crippen molar-refractivity contribution in [1.29, 1.82) is 0 Å². The Hall–Kier alpha value is -0.980. The van der Waals surface area contributed by atoms with Crippen LogP contribution in [0.2, 0.25) is 0 Å². The summed E-state index contributed by atoms with van der Waals surface area (Å²) in [5, 5.41) is 0. The molecule has 0 N–H and O–H groups in total. The van der Waals surface area contributed by atoms with Crippen LogP contribution in [-0.4, -0.2) is 38.0 Å². The van der Waals surface area contributed by atoms with Gasteiger partial charge >= 0.3 is 5.97 Å². The number of ether oxygens (including phenoxy) is 3. The van der Waals surface area contributed by atoms with Crippen LogP contribution in [0.25, 0.3) is 0 Å². The first kappa shape index (κ1) is 19.3. The van der Waals surface area contributed by atoms with Gasteiger partial charge in [0.05, 0.1) is 12.7 Å². The lowest BCUT2D eigenvalue weighted by Gasteiger charge is -2.32. The molecule has 0 aliphatic carbocycles. The molecule has 0 bridgehead atoms. The monoisotopic (exact) mass is 402 g/mol. The third kappa shape index (κ3) is 4.77. The molecule has 3 atom stereocenters. The summed E-state index contributed by atoms with van der Waals surface area (Å²) in [4.78, 5) is 11.7. The Bertz CT molecular complexity index is 585. The smallest absolute Gasteiger partial charge is 0.324 e. The Morgan fingerprint density at radius 2 is 2.12 bits per heavy atom. The van der Waals surface area contributed by atoms with Gasteiger partial charge in [-0.2, -0.15) is 0 Å². The van der Waals surface area contributed by atoms with E-state index in [2.05, 4.69) is 15.9 Å². The van der Waals surface area contributed by atoms with Crippen LogP contribution < -0.4 is 0 Å². The van der Waals surface area contributed by atoms with Crippen molar-refractivity contribution >= 4 is 21.9 Å². The summed E-state index contributed by atoms with van der Waals surface area (Å²) in [6.07, 6.45) is 0.631. The summed E-state index contributed by atoms with van der Waals surface area (Å²) in [6, 6.07) is 4.53. The molecule has 1 aliphatic rings. The van der Waals surface area contributed by atoms with E-state index in [0.717, 1.165) is 12.0 Å². The van der Waals surface area contributed by atoms with Crippen LogP contribution in [0.4, 0.5) is 4.39 Å². The van der Waals surface area contributed by atoms with Gasteiger partial charge < -0.3 is 14.2 Å². The number of carbonyl (C=O) groups is 1. The first-order valence-corrected chi connectivity index (χ1v) is 8.91. The fourth-order valence-corrected chi connectivity index (χ4v) is 3.37. The van der Waals surface area contributed by atoms with E-state index < -0.39 is 16.4 Å². The molecule has 0 aromatic heterocycles. The lowest BCUT2D eigenvalue weighted by atomic mass is 9.85. The fraction of sp³-hybridized carbons (Fsp3) is 0.611. The van der Waals surface area contributed by atoms with Crippen molar-refractivity contribution in [3.63, 3.8) is 0 Å². The molecule has 1 fully saturated rings. The quantitative estimate of drug-likeness (QED) is 0.561. The number of hydrogen-bond donors (Lipinski definition) is 0. The van der Waals surface area contributed by atoms with Crippen LogP contribution in [-0.2, 0) is 19.0 Å². The minimum absolute atomic E-state index is 0.0434. The number of hydrogen-bond acceptors (Lipinski definition) is 4. The van der Waals surface area contributed by atoms with Gasteiger partial charge in [-0.15, -0.1) is 0 Å². The van der Waals surface area contributed by atoms with Gasteiger partial charge in [-0.25, -0.2) is 4.39 Å². The molecule has 2 rings (SSSR count). The predicted molar refractivity (Wildman–Crippen MR) is 92.9 cm³/mol. The molecular formula is C18H24BrFO4. The van der Waals surface area contributed by atoms with E-state index in [9.17, 15) is 9.18 Å². The fourth-order valence-electron chi connectivity index (χ4n) is 2.88. The molecule has 4 nitrogen and oxygen atoms in total. The summed E-state index contributed by atoms with van der Waals surface area (Å²) in [5.74, 6) is -0.778. The van der Waals surface area contributed by atoms with Crippen LogP contribution in [0.15, 0.2) is 18.2 Å². The highest BCUT2D eigenvalue weighted by atomic mass is 79.9. The van der Waals surface area contributed by atoms with Gasteiger partial charge in [-0.3, -0.25) is 4.79 Å². The van der Waals surface area contributed by atoms with Crippen LogP contribution in [0.3, 0.4) is 0 Å². The molecule has 134 valence electrons. The van der Waals surface area contributed by atoms with Crippen molar-refractivity contribution < 1.29 is 23.4 Å². The molecule has 24 heavy (non-hydrogen) atoms. The van der Waals surface area contributed by atoms with Gasteiger partial charge in [0.25, 0.3) is 0 Å². The molecule has 1 aliphatic heterocycles. The highest BCUT2D eigenvalue weighted by molar-refractivity contribution is 9.09. The maximum absolute atomic E-state index is 13.8.